The van der Waals surface area contributed by atoms with Gasteiger partial charge in [-0.05, 0) is 88.3 Å². The molecule has 0 heterocycles. The maximum atomic E-state index is 13.5. The summed E-state index contributed by atoms with van der Waals surface area (Å²) in [6, 6.07) is 26.9. The van der Waals surface area contributed by atoms with Crippen LogP contribution >= 0.6 is 21.2 Å². The first-order chi connectivity index (χ1) is 18.4. The standard InChI is InChI=1S/C33H37IN2O2S/c1-22(2)30-18-28(27-14-13-25-9-7-8-10-26(25)17-27)19-31(23(3)4)32(30)20-33(37)35-39(34,38)29-15-11-24(12-16-29)21-36(5)6/h7-19,22-23H,20-21H2,1-6H3. The Morgan fingerprint density at radius 2 is 1.41 bits per heavy atom. The molecule has 0 spiro atoms. The molecule has 4 aromatic carbocycles. The molecule has 39 heavy (non-hydrogen) atoms. The van der Waals surface area contributed by atoms with E-state index in [0.717, 1.165) is 39.9 Å². The van der Waals surface area contributed by atoms with Gasteiger partial charge in [0.15, 0.2) is 0 Å². The lowest BCUT2D eigenvalue weighted by atomic mass is 9.83. The van der Waals surface area contributed by atoms with Gasteiger partial charge in [0.2, 0.25) is 0 Å². The molecule has 4 nitrogen and oxygen atoms in total. The normalized spacial score (nSPS) is 13.3. The number of carbonyl (C=O) groups is 1. The van der Waals surface area contributed by atoms with Crippen LogP contribution < -0.4 is 0 Å². The van der Waals surface area contributed by atoms with Gasteiger partial charge >= 0.3 is 0 Å². The van der Waals surface area contributed by atoms with Crippen molar-refractivity contribution >= 4 is 44.8 Å². The van der Waals surface area contributed by atoms with E-state index < -0.39 is 6.90 Å². The molecule has 0 saturated heterocycles. The second-order valence-electron chi connectivity index (χ2n) is 11.0. The molecular formula is C33H37IN2O2S. The first-order valence-electron chi connectivity index (χ1n) is 13.3. The van der Waals surface area contributed by atoms with Crippen molar-refractivity contribution in [2.24, 2.45) is 4.36 Å². The Labute approximate surface area is 245 Å². The fourth-order valence-corrected chi connectivity index (χ4v) is 7.43. The van der Waals surface area contributed by atoms with Gasteiger partial charge in [0.1, 0.15) is 6.90 Å². The molecule has 0 saturated carbocycles. The maximum Gasteiger partial charge on any atom is 0.259 e. The molecule has 204 valence electrons. The topological polar surface area (TPSA) is 49.7 Å². The lowest BCUT2D eigenvalue weighted by molar-refractivity contribution is -0.117. The van der Waals surface area contributed by atoms with Gasteiger partial charge in [0, 0.05) is 6.54 Å². The van der Waals surface area contributed by atoms with E-state index in [4.69, 9.17) is 0 Å². The van der Waals surface area contributed by atoms with Crippen molar-refractivity contribution < 1.29 is 9.00 Å². The summed E-state index contributed by atoms with van der Waals surface area (Å²) in [5, 5.41) is 2.42. The van der Waals surface area contributed by atoms with Crippen LogP contribution in [0.25, 0.3) is 21.9 Å². The highest BCUT2D eigenvalue weighted by atomic mass is 127. The van der Waals surface area contributed by atoms with Gasteiger partial charge in [-0.25, -0.2) is 4.21 Å². The van der Waals surface area contributed by atoms with Crippen molar-refractivity contribution in [2.75, 3.05) is 14.1 Å². The molecule has 6 heteroatoms. The lowest BCUT2D eigenvalue weighted by Crippen LogP contribution is -2.11. The molecule has 0 N–H and O–H groups in total. The third-order valence-corrected chi connectivity index (χ3v) is 10.3. The molecule has 0 aliphatic rings. The predicted molar refractivity (Wildman–Crippen MR) is 173 cm³/mol. The molecule has 1 atom stereocenters. The maximum absolute atomic E-state index is 13.5. The quantitative estimate of drug-likeness (QED) is 0.141. The minimum Gasteiger partial charge on any atom is -0.305 e. The van der Waals surface area contributed by atoms with Crippen LogP contribution in [0, 0.1) is 0 Å². The summed E-state index contributed by atoms with van der Waals surface area (Å²) < 4.78 is 17.7. The van der Waals surface area contributed by atoms with Gasteiger partial charge in [-0.1, -0.05) is 88.4 Å². The minimum absolute atomic E-state index is 0.137. The van der Waals surface area contributed by atoms with Crippen LogP contribution in [0.3, 0.4) is 0 Å². The van der Waals surface area contributed by atoms with Gasteiger partial charge in [0.25, 0.3) is 5.91 Å². The van der Waals surface area contributed by atoms with E-state index in [-0.39, 0.29) is 24.2 Å². The summed E-state index contributed by atoms with van der Waals surface area (Å²) in [6.45, 7) is 6.55. The van der Waals surface area contributed by atoms with Crippen molar-refractivity contribution in [3.8, 4) is 11.1 Å². The monoisotopic (exact) mass is 652 g/mol. The predicted octanol–water partition coefficient (Wildman–Crippen LogP) is 8.76. The molecule has 1 amide bonds. The third-order valence-electron chi connectivity index (χ3n) is 6.91. The second kappa shape index (κ2) is 12.3. The average molecular weight is 653 g/mol. The number of benzene rings is 4. The Kier molecular flexibility index (Phi) is 9.29. The Morgan fingerprint density at radius 3 is 1.97 bits per heavy atom. The first kappa shape index (κ1) is 29.4. The number of hydrogen-bond acceptors (Lipinski definition) is 3. The Hall–Kier alpha value is -2.55. The van der Waals surface area contributed by atoms with Gasteiger partial charge in [-0.3, -0.25) is 4.79 Å². The first-order valence-corrected chi connectivity index (χ1v) is 17.4. The second-order valence-corrected chi connectivity index (χ2v) is 16.2. The van der Waals surface area contributed by atoms with Crippen molar-refractivity contribution in [3.05, 3.63) is 101 Å². The van der Waals surface area contributed by atoms with E-state index in [1.54, 1.807) is 0 Å². The summed E-state index contributed by atoms with van der Waals surface area (Å²) in [7, 11) is 4.02. The van der Waals surface area contributed by atoms with Crippen molar-refractivity contribution in [3.63, 3.8) is 0 Å². The van der Waals surface area contributed by atoms with Crippen LogP contribution in [0.2, 0.25) is 0 Å². The highest BCUT2D eigenvalue weighted by Gasteiger charge is 2.20. The van der Waals surface area contributed by atoms with E-state index in [1.807, 2.05) is 59.6 Å². The summed E-state index contributed by atoms with van der Waals surface area (Å²) in [5.74, 6) is 0.0897. The fourth-order valence-electron chi connectivity index (χ4n) is 4.98. The molecule has 4 aromatic rings. The Bertz CT molecular complexity index is 1590. The summed E-state index contributed by atoms with van der Waals surface area (Å²) in [6.07, 6.45) is 0.137. The molecule has 0 aliphatic heterocycles. The summed E-state index contributed by atoms with van der Waals surface area (Å²) >= 11 is 1.83. The number of nitrogens with zero attached hydrogens (tertiary/aromatic N) is 2. The zero-order valence-corrected chi connectivity index (χ0v) is 26.5. The van der Waals surface area contributed by atoms with Crippen molar-refractivity contribution in [2.45, 2.75) is 57.4 Å². The summed E-state index contributed by atoms with van der Waals surface area (Å²) in [5.41, 5.74) is 6.72. The Morgan fingerprint density at radius 1 is 0.821 bits per heavy atom. The lowest BCUT2D eigenvalue weighted by Gasteiger charge is -2.21. The molecule has 0 aromatic heterocycles. The van der Waals surface area contributed by atoms with E-state index in [1.165, 1.54) is 10.8 Å². The van der Waals surface area contributed by atoms with Crippen LogP contribution in [0.15, 0.2) is 88.1 Å². The number of hydrogen-bond donors (Lipinski definition) is 0. The molecule has 0 bridgehead atoms. The number of halogens is 1. The van der Waals surface area contributed by atoms with E-state index >= 15 is 0 Å². The molecule has 0 fully saturated rings. The van der Waals surface area contributed by atoms with Crippen LogP contribution in [-0.4, -0.2) is 29.1 Å². The van der Waals surface area contributed by atoms with Crippen LogP contribution in [0.1, 0.15) is 61.8 Å². The smallest absolute Gasteiger partial charge is 0.259 e. The molecule has 1 unspecified atom stereocenters. The highest BCUT2D eigenvalue weighted by Crippen LogP contribution is 2.35. The SMILES string of the molecule is CC(C)c1cc(-c2ccc3ccccc3c2)cc(C(C)C)c1CC(=O)N=S(=O)(I)c1ccc(CN(C)C)cc1. The highest BCUT2D eigenvalue weighted by molar-refractivity contribution is 14.2. The van der Waals surface area contributed by atoms with Gasteiger partial charge in [-0.2, -0.15) is 0 Å². The zero-order chi connectivity index (χ0) is 28.3. The van der Waals surface area contributed by atoms with Crippen molar-refractivity contribution in [1.82, 2.24) is 4.90 Å². The fraction of sp³-hybridized carbons (Fsp3) is 0.303. The Balaban J connectivity index is 1.71. The molecule has 0 radical (unpaired) electrons. The molecule has 4 rings (SSSR count). The van der Waals surface area contributed by atoms with E-state index in [2.05, 4.69) is 91.6 Å². The average Bonchev–Trinajstić information content (AvgIpc) is 2.87. The van der Waals surface area contributed by atoms with Gasteiger partial charge in [-0.15, -0.1) is 4.36 Å². The summed E-state index contributed by atoms with van der Waals surface area (Å²) in [4.78, 5) is 16.0. The van der Waals surface area contributed by atoms with Crippen LogP contribution in [0.4, 0.5) is 0 Å². The van der Waals surface area contributed by atoms with E-state index in [0.29, 0.717) is 4.90 Å². The van der Waals surface area contributed by atoms with Gasteiger partial charge in [0.05, 0.1) is 32.5 Å². The number of fused-ring (bicyclic) bond motifs is 1. The largest absolute Gasteiger partial charge is 0.305 e. The van der Waals surface area contributed by atoms with Crippen molar-refractivity contribution in [1.29, 1.82) is 0 Å². The van der Waals surface area contributed by atoms with Crippen LogP contribution in [0.5, 0.6) is 0 Å². The molecule has 0 aliphatic carbocycles. The minimum atomic E-state index is -2.88. The van der Waals surface area contributed by atoms with Crippen LogP contribution in [-0.2, 0) is 24.7 Å². The van der Waals surface area contributed by atoms with E-state index in [9.17, 15) is 9.00 Å². The zero-order valence-electron chi connectivity index (χ0n) is 23.6. The molecular weight excluding hydrogens is 615 g/mol. The number of rotatable bonds is 8. The third kappa shape index (κ3) is 7.16. The van der Waals surface area contributed by atoms with Gasteiger partial charge < -0.3 is 4.90 Å². The number of amides is 1. The number of carbonyl (C=O) groups excluding carboxylic acids is 1.